The molecule has 0 atom stereocenters. The molecule has 1 aliphatic carbocycles. The van der Waals surface area contributed by atoms with Gasteiger partial charge < -0.3 is 5.32 Å². The van der Waals surface area contributed by atoms with Crippen molar-refractivity contribution in [1.82, 2.24) is 20.1 Å². The summed E-state index contributed by atoms with van der Waals surface area (Å²) >= 11 is 0. The van der Waals surface area contributed by atoms with Gasteiger partial charge >= 0.3 is 0 Å². The summed E-state index contributed by atoms with van der Waals surface area (Å²) in [4.78, 5) is 4.58. The molecule has 106 valence electrons. The lowest BCUT2D eigenvalue weighted by molar-refractivity contribution is 0.672. The minimum absolute atomic E-state index is 0.689. The lowest BCUT2D eigenvalue weighted by Gasteiger charge is -2.08. The fourth-order valence-corrected chi connectivity index (χ4v) is 2.42. The van der Waals surface area contributed by atoms with Crippen molar-refractivity contribution in [2.24, 2.45) is 0 Å². The molecule has 20 heavy (non-hydrogen) atoms. The van der Waals surface area contributed by atoms with Crippen LogP contribution in [-0.2, 0) is 6.54 Å². The van der Waals surface area contributed by atoms with Gasteiger partial charge in [-0.25, -0.2) is 9.67 Å². The largest absolute Gasteiger partial charge is 0.313 e. The van der Waals surface area contributed by atoms with E-state index in [2.05, 4.69) is 41.4 Å². The van der Waals surface area contributed by atoms with Crippen LogP contribution < -0.4 is 5.32 Å². The third-order valence-corrected chi connectivity index (χ3v) is 3.69. The minimum Gasteiger partial charge on any atom is -0.313 e. The van der Waals surface area contributed by atoms with E-state index in [0.29, 0.717) is 5.92 Å². The summed E-state index contributed by atoms with van der Waals surface area (Å²) in [6, 6.07) is 4.32. The topological polar surface area (TPSA) is 42.7 Å². The highest BCUT2D eigenvalue weighted by molar-refractivity contribution is 5.35. The number of hydrogen-bond acceptors (Lipinski definition) is 3. The van der Waals surface area contributed by atoms with Crippen LogP contribution in [0.1, 0.15) is 48.9 Å². The summed E-state index contributed by atoms with van der Waals surface area (Å²) in [6.45, 7) is 6.21. The summed E-state index contributed by atoms with van der Waals surface area (Å²) in [5.74, 6) is 1.63. The van der Waals surface area contributed by atoms with E-state index >= 15 is 0 Å². The highest BCUT2D eigenvalue weighted by atomic mass is 15.3. The lowest BCUT2D eigenvalue weighted by Crippen LogP contribution is -2.14. The highest BCUT2D eigenvalue weighted by Gasteiger charge is 2.26. The zero-order chi connectivity index (χ0) is 13.9. The van der Waals surface area contributed by atoms with Gasteiger partial charge in [0.1, 0.15) is 0 Å². The predicted molar refractivity (Wildman–Crippen MR) is 80.1 cm³/mol. The monoisotopic (exact) mass is 270 g/mol. The van der Waals surface area contributed by atoms with Gasteiger partial charge in [0, 0.05) is 24.9 Å². The summed E-state index contributed by atoms with van der Waals surface area (Å²) in [7, 11) is 0. The van der Waals surface area contributed by atoms with Gasteiger partial charge in [-0.15, -0.1) is 0 Å². The fraction of sp³-hybridized carbons (Fsp3) is 0.500. The Morgan fingerprint density at radius 1 is 1.40 bits per heavy atom. The number of nitrogens with one attached hydrogen (secondary N) is 1. The maximum Gasteiger partial charge on any atom is 0.156 e. The van der Waals surface area contributed by atoms with Crippen molar-refractivity contribution < 1.29 is 0 Å². The molecule has 0 radical (unpaired) electrons. The quantitative estimate of drug-likeness (QED) is 0.821. The van der Waals surface area contributed by atoms with Crippen LogP contribution in [0.25, 0.3) is 5.82 Å². The molecule has 1 fully saturated rings. The van der Waals surface area contributed by atoms with Crippen molar-refractivity contribution in [3.63, 3.8) is 0 Å². The van der Waals surface area contributed by atoms with Crippen molar-refractivity contribution >= 4 is 0 Å². The molecule has 4 heteroatoms. The second-order valence-electron chi connectivity index (χ2n) is 5.62. The Morgan fingerprint density at radius 2 is 2.25 bits per heavy atom. The van der Waals surface area contributed by atoms with Crippen molar-refractivity contribution in [3.05, 3.63) is 41.3 Å². The maximum atomic E-state index is 4.65. The third kappa shape index (κ3) is 2.90. The molecule has 0 amide bonds. The van der Waals surface area contributed by atoms with Crippen molar-refractivity contribution in [1.29, 1.82) is 0 Å². The van der Waals surface area contributed by atoms with Gasteiger partial charge in [0.2, 0.25) is 0 Å². The van der Waals surface area contributed by atoms with Crippen LogP contribution in [0.3, 0.4) is 0 Å². The van der Waals surface area contributed by atoms with Gasteiger partial charge in [-0.1, -0.05) is 6.92 Å². The lowest BCUT2D eigenvalue weighted by atomic mass is 10.2. The molecule has 0 aliphatic heterocycles. The molecular weight excluding hydrogens is 248 g/mol. The van der Waals surface area contributed by atoms with Gasteiger partial charge in [0.25, 0.3) is 0 Å². The molecule has 2 aromatic heterocycles. The van der Waals surface area contributed by atoms with Gasteiger partial charge in [-0.3, -0.25) is 0 Å². The second-order valence-corrected chi connectivity index (χ2v) is 5.62. The van der Waals surface area contributed by atoms with Gasteiger partial charge in [-0.2, -0.15) is 5.10 Å². The van der Waals surface area contributed by atoms with Crippen LogP contribution in [0.2, 0.25) is 0 Å². The molecule has 0 spiro atoms. The Labute approximate surface area is 120 Å². The highest BCUT2D eigenvalue weighted by Crippen LogP contribution is 2.39. The van der Waals surface area contributed by atoms with E-state index in [-0.39, 0.29) is 0 Å². The first-order valence-electron chi connectivity index (χ1n) is 7.50. The van der Waals surface area contributed by atoms with E-state index in [1.807, 2.05) is 17.1 Å². The smallest absolute Gasteiger partial charge is 0.156 e. The molecule has 2 heterocycles. The summed E-state index contributed by atoms with van der Waals surface area (Å²) in [5, 5.41) is 8.05. The van der Waals surface area contributed by atoms with Gasteiger partial charge in [-0.05, 0) is 56.0 Å². The van der Waals surface area contributed by atoms with Crippen LogP contribution in [0.15, 0.2) is 24.5 Å². The van der Waals surface area contributed by atoms with Crippen LogP contribution in [0, 0.1) is 6.92 Å². The molecule has 0 bridgehead atoms. The number of aryl methyl sites for hydroxylation is 1. The number of nitrogens with zero attached hydrogens (tertiary/aromatic N) is 3. The van der Waals surface area contributed by atoms with Crippen LogP contribution >= 0.6 is 0 Å². The average molecular weight is 270 g/mol. The Kier molecular flexibility index (Phi) is 3.83. The summed E-state index contributed by atoms with van der Waals surface area (Å²) in [6.07, 6.45) is 7.69. The Hall–Kier alpha value is -1.68. The molecule has 0 saturated heterocycles. The SMILES string of the molecule is CCCNCc1cnc(-n2ccc(C3CC3)n2)c(C)c1. The van der Waals surface area contributed by atoms with Crippen molar-refractivity contribution in [3.8, 4) is 5.82 Å². The Balaban J connectivity index is 1.75. The van der Waals surface area contributed by atoms with Gasteiger partial charge in [0.05, 0.1) is 5.69 Å². The van der Waals surface area contributed by atoms with E-state index in [4.69, 9.17) is 0 Å². The van der Waals surface area contributed by atoms with Crippen LogP contribution in [-0.4, -0.2) is 21.3 Å². The van der Waals surface area contributed by atoms with E-state index in [1.165, 1.54) is 29.7 Å². The van der Waals surface area contributed by atoms with Crippen LogP contribution in [0.5, 0.6) is 0 Å². The minimum atomic E-state index is 0.689. The van der Waals surface area contributed by atoms with Crippen LogP contribution in [0.4, 0.5) is 0 Å². The number of aromatic nitrogens is 3. The molecule has 0 unspecified atom stereocenters. The third-order valence-electron chi connectivity index (χ3n) is 3.69. The predicted octanol–water partition coefficient (Wildman–Crippen LogP) is 2.95. The molecule has 1 saturated carbocycles. The zero-order valence-corrected chi connectivity index (χ0v) is 12.3. The first-order chi connectivity index (χ1) is 9.78. The van der Waals surface area contributed by atoms with E-state index < -0.39 is 0 Å². The number of rotatable bonds is 6. The van der Waals surface area contributed by atoms with Gasteiger partial charge in [0.15, 0.2) is 5.82 Å². The molecule has 0 aromatic carbocycles. The molecule has 1 aliphatic rings. The maximum absolute atomic E-state index is 4.65. The fourth-order valence-electron chi connectivity index (χ4n) is 2.42. The number of hydrogen-bond donors (Lipinski definition) is 1. The molecule has 3 rings (SSSR count). The summed E-state index contributed by atoms with van der Waals surface area (Å²) < 4.78 is 1.91. The van der Waals surface area contributed by atoms with Crippen molar-refractivity contribution in [2.75, 3.05) is 6.54 Å². The summed E-state index contributed by atoms with van der Waals surface area (Å²) in [5.41, 5.74) is 3.61. The van der Waals surface area contributed by atoms with E-state index in [9.17, 15) is 0 Å². The number of pyridine rings is 1. The van der Waals surface area contributed by atoms with E-state index in [1.54, 1.807) is 0 Å². The second kappa shape index (κ2) is 5.75. The zero-order valence-electron chi connectivity index (χ0n) is 12.3. The average Bonchev–Trinajstić information content (AvgIpc) is 3.18. The normalized spacial score (nSPS) is 14.7. The van der Waals surface area contributed by atoms with Crippen molar-refractivity contribution in [2.45, 2.75) is 45.6 Å². The standard InChI is InChI=1S/C16H22N4/c1-3-7-17-10-13-9-12(2)16(18-11-13)20-8-6-15(19-20)14-4-5-14/h6,8-9,11,14,17H,3-5,7,10H2,1-2H3. The molecular formula is C16H22N4. The first kappa shape index (κ1) is 13.3. The molecule has 2 aromatic rings. The Bertz CT molecular complexity index is 584. The first-order valence-corrected chi connectivity index (χ1v) is 7.50. The Morgan fingerprint density at radius 3 is 2.95 bits per heavy atom. The van der Waals surface area contributed by atoms with E-state index in [0.717, 1.165) is 25.3 Å². The molecule has 4 nitrogen and oxygen atoms in total. The molecule has 1 N–H and O–H groups in total.